The number of nitrogen functional groups attached to an aromatic ring is 1. The van der Waals surface area contributed by atoms with Crippen LogP contribution in [0.4, 0.5) is 10.1 Å². The largest absolute Gasteiger partial charge is 0.396 e. The van der Waals surface area contributed by atoms with Crippen LogP contribution in [0.3, 0.4) is 0 Å². The number of benzene rings is 1. The number of anilines is 1. The van der Waals surface area contributed by atoms with Gasteiger partial charge in [-0.15, -0.1) is 9.24 Å². The van der Waals surface area contributed by atoms with Crippen LogP contribution >= 0.6 is 9.24 Å². The smallest absolute Gasteiger partial charge is 0.146 e. The average Bonchev–Trinajstić information content (AvgIpc) is 1.83. The van der Waals surface area contributed by atoms with E-state index in [1.807, 2.05) is 0 Å². The minimum Gasteiger partial charge on any atom is -0.396 e. The van der Waals surface area contributed by atoms with E-state index in [1.54, 1.807) is 12.1 Å². The van der Waals surface area contributed by atoms with Crippen LogP contribution < -0.4 is 11.0 Å². The molecule has 0 heterocycles. The zero-order chi connectivity index (χ0) is 6.85. The first-order chi connectivity index (χ1) is 4.22. The molecule has 1 nitrogen and oxygen atoms in total. The topological polar surface area (TPSA) is 26.0 Å². The number of hydrogen-bond donors (Lipinski definition) is 1. The van der Waals surface area contributed by atoms with E-state index in [4.69, 9.17) is 5.73 Å². The maximum Gasteiger partial charge on any atom is 0.146 e. The van der Waals surface area contributed by atoms with Crippen molar-refractivity contribution in [3.63, 3.8) is 0 Å². The molecule has 0 fully saturated rings. The fourth-order valence-corrected chi connectivity index (χ4v) is 0.803. The van der Waals surface area contributed by atoms with Gasteiger partial charge in [-0.25, -0.2) is 4.39 Å². The summed E-state index contributed by atoms with van der Waals surface area (Å²) >= 11 is 0. The van der Waals surface area contributed by atoms with Crippen LogP contribution in [0.5, 0.6) is 0 Å². The van der Waals surface area contributed by atoms with Gasteiger partial charge < -0.3 is 5.73 Å². The van der Waals surface area contributed by atoms with E-state index in [2.05, 4.69) is 9.24 Å². The van der Waals surface area contributed by atoms with Crippen LogP contribution in [-0.4, -0.2) is 0 Å². The molecular weight excluding hydrogens is 136 g/mol. The molecule has 1 unspecified atom stereocenters. The van der Waals surface area contributed by atoms with E-state index in [-0.39, 0.29) is 11.5 Å². The number of rotatable bonds is 0. The monoisotopic (exact) mass is 143 g/mol. The second-order valence-electron chi connectivity index (χ2n) is 1.74. The highest BCUT2D eigenvalue weighted by Crippen LogP contribution is 2.07. The summed E-state index contributed by atoms with van der Waals surface area (Å²) in [5.41, 5.74) is 5.50. The van der Waals surface area contributed by atoms with E-state index in [0.717, 1.165) is 0 Å². The molecule has 1 aromatic carbocycles. The van der Waals surface area contributed by atoms with Crippen molar-refractivity contribution >= 4 is 20.2 Å². The fourth-order valence-electron chi connectivity index (χ4n) is 0.554. The Kier molecular flexibility index (Phi) is 1.68. The Morgan fingerprint density at radius 3 is 2.56 bits per heavy atom. The highest BCUT2D eigenvalue weighted by Gasteiger charge is 1.96. The highest BCUT2D eigenvalue weighted by atomic mass is 31.0. The van der Waals surface area contributed by atoms with Crippen molar-refractivity contribution in [2.45, 2.75) is 0 Å². The van der Waals surface area contributed by atoms with Crippen molar-refractivity contribution in [3.8, 4) is 0 Å². The molecule has 0 bridgehead atoms. The molecule has 0 amide bonds. The molecule has 1 atom stereocenters. The van der Waals surface area contributed by atoms with Gasteiger partial charge in [0.1, 0.15) is 5.82 Å². The summed E-state index contributed by atoms with van der Waals surface area (Å²) in [5, 5.41) is 0.704. The zero-order valence-corrected chi connectivity index (χ0v) is 5.92. The molecule has 3 heteroatoms. The van der Waals surface area contributed by atoms with E-state index in [9.17, 15) is 4.39 Å². The Morgan fingerprint density at radius 2 is 2.11 bits per heavy atom. The number of nitrogens with two attached hydrogens (primary N) is 1. The lowest BCUT2D eigenvalue weighted by Gasteiger charge is -1.97. The third kappa shape index (κ3) is 1.19. The molecule has 1 aromatic rings. The number of para-hydroxylation sites is 1. The predicted octanol–water partition coefficient (Wildman–Crippen LogP) is 0.908. The minimum absolute atomic E-state index is 0.211. The van der Waals surface area contributed by atoms with Crippen molar-refractivity contribution in [2.75, 3.05) is 5.73 Å². The average molecular weight is 143 g/mol. The molecule has 0 saturated carbocycles. The normalized spacial score (nSPS) is 9.56. The van der Waals surface area contributed by atoms with Crippen LogP contribution in [0.15, 0.2) is 18.2 Å². The molecule has 1 rings (SSSR count). The molecule has 9 heavy (non-hydrogen) atoms. The first-order valence-corrected chi connectivity index (χ1v) is 3.09. The van der Waals surface area contributed by atoms with Gasteiger partial charge in [-0.1, -0.05) is 12.1 Å². The van der Waals surface area contributed by atoms with Crippen LogP contribution in [0, 0.1) is 5.82 Å². The minimum atomic E-state index is -0.359. The van der Waals surface area contributed by atoms with Crippen LogP contribution in [-0.2, 0) is 0 Å². The van der Waals surface area contributed by atoms with Gasteiger partial charge in [0.15, 0.2) is 0 Å². The molecule has 0 radical (unpaired) electrons. The summed E-state index contributed by atoms with van der Waals surface area (Å²) in [6, 6.07) is 4.69. The fraction of sp³-hybridized carbons (Fsp3) is 0. The van der Waals surface area contributed by atoms with Gasteiger partial charge in [0, 0.05) is 0 Å². The van der Waals surface area contributed by atoms with Crippen molar-refractivity contribution < 1.29 is 4.39 Å². The van der Waals surface area contributed by atoms with Gasteiger partial charge in [-0.05, 0) is 11.4 Å². The summed E-state index contributed by atoms with van der Waals surface area (Å²) < 4.78 is 12.4. The lowest BCUT2D eigenvalue weighted by molar-refractivity contribution is 0.633. The van der Waals surface area contributed by atoms with E-state index in [0.29, 0.717) is 5.30 Å². The van der Waals surface area contributed by atoms with Gasteiger partial charge in [-0.3, -0.25) is 0 Å². The summed E-state index contributed by atoms with van der Waals surface area (Å²) in [6.45, 7) is 0. The van der Waals surface area contributed by atoms with Crippen molar-refractivity contribution in [1.29, 1.82) is 0 Å². The lowest BCUT2D eigenvalue weighted by atomic mass is 10.3. The number of halogens is 1. The van der Waals surface area contributed by atoms with Crippen LogP contribution in [0.2, 0.25) is 0 Å². The van der Waals surface area contributed by atoms with Gasteiger partial charge in [-0.2, -0.15) is 0 Å². The maximum absolute atomic E-state index is 12.4. The van der Waals surface area contributed by atoms with Crippen LogP contribution in [0.25, 0.3) is 0 Å². The molecule has 0 spiro atoms. The summed E-state index contributed by atoms with van der Waals surface area (Å²) in [5.74, 6) is -0.359. The van der Waals surface area contributed by atoms with Gasteiger partial charge in [0.25, 0.3) is 0 Å². The Balaban J connectivity index is 3.25. The second kappa shape index (κ2) is 2.32. The van der Waals surface area contributed by atoms with Crippen molar-refractivity contribution in [3.05, 3.63) is 24.0 Å². The second-order valence-corrected chi connectivity index (χ2v) is 2.36. The Labute approximate surface area is 55.3 Å². The third-order valence-corrected chi connectivity index (χ3v) is 1.59. The Hall–Kier alpha value is -0.620. The van der Waals surface area contributed by atoms with E-state index in [1.165, 1.54) is 6.07 Å². The quantitative estimate of drug-likeness (QED) is 0.424. The molecule has 0 aliphatic carbocycles. The van der Waals surface area contributed by atoms with Crippen molar-refractivity contribution in [1.82, 2.24) is 0 Å². The van der Waals surface area contributed by atoms with Crippen molar-refractivity contribution in [2.24, 2.45) is 0 Å². The first-order valence-electron chi connectivity index (χ1n) is 2.51. The van der Waals surface area contributed by atoms with E-state index < -0.39 is 0 Å². The predicted molar refractivity (Wildman–Crippen MR) is 40.2 cm³/mol. The summed E-state index contributed by atoms with van der Waals surface area (Å²) in [6.07, 6.45) is 0. The lowest BCUT2D eigenvalue weighted by Crippen LogP contribution is -2.02. The molecule has 0 aromatic heterocycles. The molecule has 48 valence electrons. The number of hydrogen-bond acceptors (Lipinski definition) is 1. The SMILES string of the molecule is Nc1c(F)cccc1P. The molecular formula is C6H7FNP. The third-order valence-electron chi connectivity index (χ3n) is 1.09. The molecule has 0 aliphatic heterocycles. The standard InChI is InChI=1S/C6H7FNP/c7-4-2-1-3-5(9)6(4)8/h1-3H,8-9H2. The Morgan fingerprint density at radius 1 is 1.44 bits per heavy atom. The van der Waals surface area contributed by atoms with Gasteiger partial charge >= 0.3 is 0 Å². The molecule has 2 N–H and O–H groups in total. The summed E-state index contributed by atoms with van der Waals surface area (Å²) in [4.78, 5) is 0. The van der Waals surface area contributed by atoms with Gasteiger partial charge in [0.2, 0.25) is 0 Å². The van der Waals surface area contributed by atoms with E-state index >= 15 is 0 Å². The summed E-state index contributed by atoms with van der Waals surface area (Å²) in [7, 11) is 2.36. The highest BCUT2D eigenvalue weighted by molar-refractivity contribution is 7.28. The zero-order valence-electron chi connectivity index (χ0n) is 4.76. The van der Waals surface area contributed by atoms with Gasteiger partial charge in [0.05, 0.1) is 5.69 Å². The maximum atomic E-state index is 12.4. The molecule has 0 saturated heterocycles. The Bertz CT molecular complexity index is 204. The molecule has 0 aliphatic rings. The van der Waals surface area contributed by atoms with Crippen LogP contribution in [0.1, 0.15) is 0 Å². The first kappa shape index (κ1) is 6.50.